The van der Waals surface area contributed by atoms with Crippen molar-refractivity contribution in [1.29, 1.82) is 5.26 Å². The number of nitrogens with zero attached hydrogens (tertiary/aromatic N) is 2. The summed E-state index contributed by atoms with van der Waals surface area (Å²) >= 11 is 0. The Morgan fingerprint density at radius 3 is 2.56 bits per heavy atom. The molecule has 2 heteroatoms. The summed E-state index contributed by atoms with van der Waals surface area (Å²) in [5.74, 6) is 0.282. The molecule has 0 N–H and O–H groups in total. The minimum Gasteiger partial charge on any atom is -0.302 e. The molecule has 0 spiro atoms. The molecule has 2 nitrogen and oxygen atoms in total. The lowest BCUT2D eigenvalue weighted by Gasteiger charge is -2.11. The van der Waals surface area contributed by atoms with Crippen LogP contribution in [0.2, 0.25) is 0 Å². The SMILES string of the molecule is CC1CC(C#N)CN1C. The smallest absolute Gasteiger partial charge is 0.0669 e. The number of hydrogen-bond acceptors (Lipinski definition) is 2. The largest absolute Gasteiger partial charge is 0.302 e. The fourth-order valence-electron chi connectivity index (χ4n) is 1.29. The number of hydrogen-bond donors (Lipinski definition) is 0. The first kappa shape index (κ1) is 6.57. The summed E-state index contributed by atoms with van der Waals surface area (Å²) in [5, 5.41) is 8.52. The van der Waals surface area contributed by atoms with E-state index in [9.17, 15) is 0 Å². The maximum atomic E-state index is 8.52. The first-order chi connectivity index (χ1) is 4.24. The van der Waals surface area contributed by atoms with Crippen molar-refractivity contribution in [1.82, 2.24) is 4.90 Å². The topological polar surface area (TPSA) is 27.0 Å². The molecule has 2 atom stereocenters. The van der Waals surface area contributed by atoms with Crippen LogP contribution in [0.4, 0.5) is 0 Å². The van der Waals surface area contributed by atoms with E-state index in [-0.39, 0.29) is 5.92 Å². The van der Waals surface area contributed by atoms with E-state index in [1.54, 1.807) is 0 Å². The van der Waals surface area contributed by atoms with Crippen molar-refractivity contribution in [2.45, 2.75) is 19.4 Å². The molecule has 0 bridgehead atoms. The molecule has 0 amide bonds. The first-order valence-electron chi connectivity index (χ1n) is 3.34. The summed E-state index contributed by atoms with van der Waals surface area (Å²) in [7, 11) is 2.07. The third kappa shape index (κ3) is 1.22. The summed E-state index contributed by atoms with van der Waals surface area (Å²) in [5.41, 5.74) is 0. The molecule has 0 saturated carbocycles. The minimum atomic E-state index is 0.282. The van der Waals surface area contributed by atoms with Crippen LogP contribution in [0.25, 0.3) is 0 Å². The van der Waals surface area contributed by atoms with E-state index < -0.39 is 0 Å². The second-order valence-electron chi connectivity index (χ2n) is 2.85. The van der Waals surface area contributed by atoms with E-state index in [1.165, 1.54) is 0 Å². The maximum absolute atomic E-state index is 8.52. The average molecular weight is 124 g/mol. The lowest BCUT2D eigenvalue weighted by molar-refractivity contribution is 0.328. The van der Waals surface area contributed by atoms with Gasteiger partial charge in [0.05, 0.1) is 12.0 Å². The van der Waals surface area contributed by atoms with Gasteiger partial charge in [0.15, 0.2) is 0 Å². The van der Waals surface area contributed by atoms with Gasteiger partial charge in [0.25, 0.3) is 0 Å². The van der Waals surface area contributed by atoms with Crippen LogP contribution in [-0.2, 0) is 0 Å². The van der Waals surface area contributed by atoms with Gasteiger partial charge in [-0.2, -0.15) is 5.26 Å². The van der Waals surface area contributed by atoms with Gasteiger partial charge >= 0.3 is 0 Å². The van der Waals surface area contributed by atoms with Crippen molar-refractivity contribution >= 4 is 0 Å². The maximum Gasteiger partial charge on any atom is 0.0669 e. The van der Waals surface area contributed by atoms with Crippen LogP contribution in [-0.4, -0.2) is 24.5 Å². The monoisotopic (exact) mass is 124 g/mol. The Kier molecular flexibility index (Phi) is 1.73. The summed E-state index contributed by atoms with van der Waals surface area (Å²) in [4.78, 5) is 2.23. The van der Waals surface area contributed by atoms with E-state index in [0.29, 0.717) is 6.04 Å². The first-order valence-corrected chi connectivity index (χ1v) is 3.34. The molecule has 0 radical (unpaired) electrons. The fourth-order valence-corrected chi connectivity index (χ4v) is 1.29. The summed E-state index contributed by atoms with van der Waals surface area (Å²) < 4.78 is 0. The molecule has 0 aromatic heterocycles. The fraction of sp³-hybridized carbons (Fsp3) is 0.857. The number of nitriles is 1. The van der Waals surface area contributed by atoms with Crippen LogP contribution >= 0.6 is 0 Å². The lowest BCUT2D eigenvalue weighted by atomic mass is 10.1. The standard InChI is InChI=1S/C7H12N2/c1-6-3-7(4-8)5-9(6)2/h6-7H,3,5H2,1-2H3. The van der Waals surface area contributed by atoms with Crippen LogP contribution in [0.5, 0.6) is 0 Å². The molecule has 1 saturated heterocycles. The zero-order chi connectivity index (χ0) is 6.85. The quantitative estimate of drug-likeness (QED) is 0.478. The van der Waals surface area contributed by atoms with Crippen LogP contribution in [0.3, 0.4) is 0 Å². The average Bonchev–Trinajstić information content (AvgIpc) is 2.13. The molecule has 1 heterocycles. The van der Waals surface area contributed by atoms with E-state index in [4.69, 9.17) is 5.26 Å². The van der Waals surface area contributed by atoms with Crippen LogP contribution in [0, 0.1) is 17.2 Å². The van der Waals surface area contributed by atoms with Gasteiger partial charge in [-0.25, -0.2) is 0 Å². The molecule has 1 aliphatic rings. The Morgan fingerprint density at radius 1 is 1.67 bits per heavy atom. The van der Waals surface area contributed by atoms with Crippen molar-refractivity contribution in [3.05, 3.63) is 0 Å². The van der Waals surface area contributed by atoms with Gasteiger partial charge in [-0.3, -0.25) is 0 Å². The Bertz CT molecular complexity index is 126. The van der Waals surface area contributed by atoms with Gasteiger partial charge < -0.3 is 4.90 Å². The van der Waals surface area contributed by atoms with Gasteiger partial charge in [0, 0.05) is 12.6 Å². The zero-order valence-electron chi connectivity index (χ0n) is 5.96. The van der Waals surface area contributed by atoms with Crippen molar-refractivity contribution in [3.8, 4) is 6.07 Å². The third-order valence-corrected chi connectivity index (χ3v) is 2.07. The minimum absolute atomic E-state index is 0.282. The molecule has 50 valence electrons. The van der Waals surface area contributed by atoms with Crippen molar-refractivity contribution in [2.75, 3.05) is 13.6 Å². The highest BCUT2D eigenvalue weighted by molar-refractivity contribution is 4.92. The lowest BCUT2D eigenvalue weighted by Crippen LogP contribution is -2.21. The molecule has 0 aliphatic carbocycles. The molecule has 1 fully saturated rings. The Balaban J connectivity index is 2.46. The van der Waals surface area contributed by atoms with E-state index in [0.717, 1.165) is 13.0 Å². The van der Waals surface area contributed by atoms with Gasteiger partial charge in [0.2, 0.25) is 0 Å². The molecule has 9 heavy (non-hydrogen) atoms. The van der Waals surface area contributed by atoms with E-state index >= 15 is 0 Å². The van der Waals surface area contributed by atoms with Gasteiger partial charge in [0.1, 0.15) is 0 Å². The summed E-state index contributed by atoms with van der Waals surface area (Å²) in [6.07, 6.45) is 1.05. The predicted molar refractivity (Wildman–Crippen MR) is 35.8 cm³/mol. The number of likely N-dealkylation sites (tertiary alicyclic amines) is 1. The van der Waals surface area contributed by atoms with Crippen molar-refractivity contribution in [2.24, 2.45) is 5.92 Å². The zero-order valence-corrected chi connectivity index (χ0v) is 5.96. The molecular weight excluding hydrogens is 112 g/mol. The highest BCUT2D eigenvalue weighted by atomic mass is 15.1. The third-order valence-electron chi connectivity index (χ3n) is 2.07. The second kappa shape index (κ2) is 2.36. The summed E-state index contributed by atoms with van der Waals surface area (Å²) in [6.45, 7) is 3.12. The normalized spacial score (nSPS) is 36.6. The molecule has 0 aromatic rings. The molecule has 2 unspecified atom stereocenters. The van der Waals surface area contributed by atoms with Crippen LogP contribution < -0.4 is 0 Å². The molecule has 1 aliphatic heterocycles. The second-order valence-corrected chi connectivity index (χ2v) is 2.85. The van der Waals surface area contributed by atoms with Crippen molar-refractivity contribution < 1.29 is 0 Å². The van der Waals surface area contributed by atoms with Gasteiger partial charge in [-0.15, -0.1) is 0 Å². The van der Waals surface area contributed by atoms with Crippen LogP contribution in [0.15, 0.2) is 0 Å². The van der Waals surface area contributed by atoms with Crippen molar-refractivity contribution in [3.63, 3.8) is 0 Å². The highest BCUT2D eigenvalue weighted by Crippen LogP contribution is 2.19. The van der Waals surface area contributed by atoms with Gasteiger partial charge in [-0.05, 0) is 20.4 Å². The Labute approximate surface area is 56.1 Å². The predicted octanol–water partition coefficient (Wildman–Crippen LogP) is 0.850. The summed E-state index contributed by atoms with van der Waals surface area (Å²) in [6, 6.07) is 2.89. The van der Waals surface area contributed by atoms with E-state index in [2.05, 4.69) is 24.9 Å². The van der Waals surface area contributed by atoms with Crippen LogP contribution in [0.1, 0.15) is 13.3 Å². The Morgan fingerprint density at radius 2 is 2.33 bits per heavy atom. The number of rotatable bonds is 0. The molecule has 1 rings (SSSR count). The van der Waals surface area contributed by atoms with Gasteiger partial charge in [-0.1, -0.05) is 0 Å². The molecular formula is C7H12N2. The van der Waals surface area contributed by atoms with E-state index in [1.807, 2.05) is 0 Å². The Hall–Kier alpha value is -0.550. The molecule has 0 aromatic carbocycles. The highest BCUT2D eigenvalue weighted by Gasteiger charge is 2.25.